The Balaban J connectivity index is 2.21. The Hall–Kier alpha value is -2.95. The molecule has 0 saturated heterocycles. The van der Waals surface area contributed by atoms with E-state index >= 15 is 0 Å². The Bertz CT molecular complexity index is 662. The second-order valence-corrected chi connectivity index (χ2v) is 4.21. The quantitative estimate of drug-likeness (QED) is 0.477. The number of nitro benzene ring substituents is 1. The minimum Gasteiger partial charge on any atom is -0.399 e. The van der Waals surface area contributed by atoms with Gasteiger partial charge in [-0.25, -0.2) is 0 Å². The molecule has 0 unspecified atom stereocenters. The molecule has 2 rings (SSSR count). The summed E-state index contributed by atoms with van der Waals surface area (Å²) in [7, 11) is 1.49. The second-order valence-electron chi connectivity index (χ2n) is 4.21. The third-order valence-electron chi connectivity index (χ3n) is 2.80. The van der Waals surface area contributed by atoms with Crippen molar-refractivity contribution >= 4 is 17.5 Å². The fourth-order valence-corrected chi connectivity index (χ4v) is 1.77. The zero-order chi connectivity index (χ0) is 15.1. The standard InChI is InChI=1S/C16H14N2O3/c1-21-17-16(14-5-3-2-4-6-14)12-9-13-7-10-15(11-8-13)18(19)20/h2-12H,1H3/b12-9+,17-16-. The molecule has 0 atom stereocenters. The fourth-order valence-electron chi connectivity index (χ4n) is 1.77. The molecule has 0 fully saturated rings. The van der Waals surface area contributed by atoms with Crippen LogP contribution in [0.15, 0.2) is 65.8 Å². The number of oxime groups is 1. The highest BCUT2D eigenvalue weighted by molar-refractivity contribution is 6.10. The Labute approximate surface area is 122 Å². The third-order valence-corrected chi connectivity index (χ3v) is 2.80. The molecule has 2 aromatic carbocycles. The van der Waals surface area contributed by atoms with Crippen LogP contribution in [0.25, 0.3) is 6.08 Å². The topological polar surface area (TPSA) is 64.7 Å². The second kappa shape index (κ2) is 7.00. The molecule has 0 spiro atoms. The van der Waals surface area contributed by atoms with Gasteiger partial charge in [0.05, 0.1) is 4.92 Å². The van der Waals surface area contributed by atoms with Gasteiger partial charge in [0.1, 0.15) is 12.8 Å². The number of rotatable bonds is 5. The van der Waals surface area contributed by atoms with Gasteiger partial charge in [-0.2, -0.15) is 0 Å². The molecule has 21 heavy (non-hydrogen) atoms. The van der Waals surface area contributed by atoms with Gasteiger partial charge in [0.2, 0.25) is 0 Å². The highest BCUT2D eigenvalue weighted by Crippen LogP contribution is 2.13. The summed E-state index contributed by atoms with van der Waals surface area (Å²) in [6.07, 6.45) is 3.63. The van der Waals surface area contributed by atoms with Crippen LogP contribution in [0.3, 0.4) is 0 Å². The van der Waals surface area contributed by atoms with E-state index in [2.05, 4.69) is 5.16 Å². The molecule has 0 amide bonds. The number of non-ortho nitro benzene ring substituents is 1. The fraction of sp³-hybridized carbons (Fsp3) is 0.0625. The predicted molar refractivity (Wildman–Crippen MR) is 82.1 cm³/mol. The van der Waals surface area contributed by atoms with E-state index in [-0.39, 0.29) is 5.69 Å². The number of nitro groups is 1. The van der Waals surface area contributed by atoms with Gasteiger partial charge >= 0.3 is 0 Å². The third kappa shape index (κ3) is 4.01. The summed E-state index contributed by atoms with van der Waals surface area (Å²) in [5, 5.41) is 14.6. The van der Waals surface area contributed by atoms with E-state index in [0.717, 1.165) is 11.1 Å². The van der Waals surface area contributed by atoms with Crippen LogP contribution in [-0.4, -0.2) is 17.7 Å². The molecule has 5 heteroatoms. The van der Waals surface area contributed by atoms with Gasteiger partial charge in [0, 0.05) is 17.7 Å². The molecular formula is C16H14N2O3. The monoisotopic (exact) mass is 282 g/mol. The van der Waals surface area contributed by atoms with Crippen LogP contribution in [0.1, 0.15) is 11.1 Å². The minimum absolute atomic E-state index is 0.0704. The summed E-state index contributed by atoms with van der Waals surface area (Å²) in [5.41, 5.74) is 2.52. The Morgan fingerprint density at radius 2 is 1.81 bits per heavy atom. The van der Waals surface area contributed by atoms with E-state index in [9.17, 15) is 10.1 Å². The first kappa shape index (κ1) is 14.5. The van der Waals surface area contributed by atoms with Gasteiger partial charge < -0.3 is 4.84 Å². The van der Waals surface area contributed by atoms with Crippen molar-refractivity contribution < 1.29 is 9.76 Å². The van der Waals surface area contributed by atoms with Gasteiger partial charge in [-0.05, 0) is 23.8 Å². The largest absolute Gasteiger partial charge is 0.399 e. The predicted octanol–water partition coefficient (Wildman–Crippen LogP) is 3.66. The summed E-state index contributed by atoms with van der Waals surface area (Å²) >= 11 is 0. The van der Waals surface area contributed by atoms with E-state index in [4.69, 9.17) is 4.84 Å². The van der Waals surface area contributed by atoms with E-state index in [1.807, 2.05) is 36.4 Å². The van der Waals surface area contributed by atoms with Gasteiger partial charge in [-0.1, -0.05) is 41.6 Å². The van der Waals surface area contributed by atoms with Crippen LogP contribution in [0, 0.1) is 10.1 Å². The SMILES string of the molecule is CO/N=C(/C=C/c1ccc([N+](=O)[O-])cc1)c1ccccc1. The number of benzene rings is 2. The van der Waals surface area contributed by atoms with Crippen molar-refractivity contribution in [1.82, 2.24) is 0 Å². The average molecular weight is 282 g/mol. The summed E-state index contributed by atoms with van der Waals surface area (Å²) in [5.74, 6) is 0. The van der Waals surface area contributed by atoms with Crippen LogP contribution < -0.4 is 0 Å². The van der Waals surface area contributed by atoms with E-state index in [0.29, 0.717) is 5.71 Å². The number of hydrogen-bond acceptors (Lipinski definition) is 4. The van der Waals surface area contributed by atoms with Gasteiger partial charge in [-0.3, -0.25) is 10.1 Å². The normalized spacial score (nSPS) is 11.6. The molecule has 0 heterocycles. The summed E-state index contributed by atoms with van der Waals surface area (Å²) < 4.78 is 0. The van der Waals surface area contributed by atoms with Gasteiger partial charge in [-0.15, -0.1) is 0 Å². The van der Waals surface area contributed by atoms with Crippen molar-refractivity contribution in [3.63, 3.8) is 0 Å². The first-order chi connectivity index (χ1) is 10.2. The molecule has 0 aliphatic heterocycles. The van der Waals surface area contributed by atoms with E-state index < -0.39 is 4.92 Å². The highest BCUT2D eigenvalue weighted by atomic mass is 16.6. The average Bonchev–Trinajstić information content (AvgIpc) is 2.52. The molecule has 0 saturated carbocycles. The molecule has 0 aromatic heterocycles. The lowest BCUT2D eigenvalue weighted by atomic mass is 10.1. The maximum atomic E-state index is 10.6. The molecular weight excluding hydrogens is 268 g/mol. The molecule has 0 radical (unpaired) electrons. The molecule has 0 N–H and O–H groups in total. The van der Waals surface area contributed by atoms with Crippen molar-refractivity contribution in [3.8, 4) is 0 Å². The zero-order valence-corrected chi connectivity index (χ0v) is 11.5. The van der Waals surface area contributed by atoms with Crippen LogP contribution >= 0.6 is 0 Å². The first-order valence-electron chi connectivity index (χ1n) is 6.30. The summed E-state index contributed by atoms with van der Waals surface area (Å²) in [6.45, 7) is 0. The molecule has 0 bridgehead atoms. The lowest BCUT2D eigenvalue weighted by Crippen LogP contribution is -1.97. The van der Waals surface area contributed by atoms with Crippen molar-refractivity contribution in [2.45, 2.75) is 0 Å². The lowest BCUT2D eigenvalue weighted by molar-refractivity contribution is -0.384. The minimum atomic E-state index is -0.421. The molecule has 5 nitrogen and oxygen atoms in total. The molecule has 2 aromatic rings. The van der Waals surface area contributed by atoms with Crippen LogP contribution in [0.5, 0.6) is 0 Å². The zero-order valence-electron chi connectivity index (χ0n) is 11.5. The lowest BCUT2D eigenvalue weighted by Gasteiger charge is -2.00. The Kier molecular flexibility index (Phi) is 4.82. The first-order valence-corrected chi connectivity index (χ1v) is 6.30. The molecule has 106 valence electrons. The van der Waals surface area contributed by atoms with Gasteiger partial charge in [0.25, 0.3) is 5.69 Å². The molecule has 0 aliphatic rings. The van der Waals surface area contributed by atoms with E-state index in [1.165, 1.54) is 19.2 Å². The molecule has 0 aliphatic carbocycles. The summed E-state index contributed by atoms with van der Waals surface area (Å²) in [6, 6.07) is 15.9. The van der Waals surface area contributed by atoms with E-state index in [1.54, 1.807) is 18.2 Å². The smallest absolute Gasteiger partial charge is 0.269 e. The van der Waals surface area contributed by atoms with Crippen molar-refractivity contribution in [3.05, 3.63) is 81.9 Å². The number of allylic oxidation sites excluding steroid dienone is 1. The van der Waals surface area contributed by atoms with Gasteiger partial charge in [0.15, 0.2) is 0 Å². The van der Waals surface area contributed by atoms with Crippen molar-refractivity contribution in [2.24, 2.45) is 5.16 Å². The maximum absolute atomic E-state index is 10.6. The highest BCUT2D eigenvalue weighted by Gasteiger charge is 2.03. The Morgan fingerprint density at radius 3 is 2.38 bits per heavy atom. The Morgan fingerprint density at radius 1 is 1.14 bits per heavy atom. The maximum Gasteiger partial charge on any atom is 0.269 e. The van der Waals surface area contributed by atoms with Crippen molar-refractivity contribution in [1.29, 1.82) is 0 Å². The van der Waals surface area contributed by atoms with Crippen LogP contribution in [-0.2, 0) is 4.84 Å². The number of hydrogen-bond donors (Lipinski definition) is 0. The van der Waals surface area contributed by atoms with Crippen LogP contribution in [0.4, 0.5) is 5.69 Å². The van der Waals surface area contributed by atoms with Crippen molar-refractivity contribution in [2.75, 3.05) is 7.11 Å². The van der Waals surface area contributed by atoms with Crippen LogP contribution in [0.2, 0.25) is 0 Å². The number of nitrogens with zero attached hydrogens (tertiary/aromatic N) is 2. The summed E-state index contributed by atoms with van der Waals surface area (Å²) in [4.78, 5) is 15.0.